The van der Waals surface area contributed by atoms with E-state index in [2.05, 4.69) is 5.32 Å². The number of hydrogen-bond donors (Lipinski definition) is 1. The third-order valence-electron chi connectivity index (χ3n) is 2.69. The molecule has 0 fully saturated rings. The van der Waals surface area contributed by atoms with Crippen molar-refractivity contribution < 1.29 is 14.3 Å². The van der Waals surface area contributed by atoms with Gasteiger partial charge in [-0.05, 0) is 31.5 Å². The van der Waals surface area contributed by atoms with Gasteiger partial charge in [-0.15, -0.1) is 0 Å². The van der Waals surface area contributed by atoms with Gasteiger partial charge in [-0.25, -0.2) is 4.79 Å². The van der Waals surface area contributed by atoms with Gasteiger partial charge >= 0.3 is 5.97 Å². The van der Waals surface area contributed by atoms with Crippen LogP contribution >= 0.6 is 23.2 Å². The first-order valence-electron chi connectivity index (χ1n) is 6.64. The lowest BCUT2D eigenvalue weighted by Gasteiger charge is -2.15. The van der Waals surface area contributed by atoms with Crippen LogP contribution in [0, 0.1) is 0 Å². The van der Waals surface area contributed by atoms with E-state index in [0.29, 0.717) is 10.0 Å². The molecule has 0 aliphatic carbocycles. The van der Waals surface area contributed by atoms with E-state index in [-0.39, 0.29) is 12.6 Å². The van der Waals surface area contributed by atoms with E-state index in [4.69, 9.17) is 27.9 Å². The number of carbonyl (C=O) groups is 2. The lowest BCUT2D eigenvalue weighted by molar-refractivity contribution is -0.144. The number of amides is 1. The van der Waals surface area contributed by atoms with Gasteiger partial charge in [-0.3, -0.25) is 4.79 Å². The number of ether oxygens (including phenoxy) is 1. The van der Waals surface area contributed by atoms with Crippen LogP contribution in [-0.4, -0.2) is 18.5 Å². The van der Waals surface area contributed by atoms with Crippen molar-refractivity contribution in [1.29, 1.82) is 0 Å². The summed E-state index contributed by atoms with van der Waals surface area (Å²) in [4.78, 5) is 23.1. The largest absolute Gasteiger partial charge is 0.452 e. The summed E-state index contributed by atoms with van der Waals surface area (Å²) in [5.74, 6) is -0.989. The number of carbonyl (C=O) groups excluding carboxylic acids is 2. The molecule has 0 saturated heterocycles. The van der Waals surface area contributed by atoms with Gasteiger partial charge < -0.3 is 10.1 Å². The molecule has 4 nitrogen and oxygen atoms in total. The van der Waals surface area contributed by atoms with Crippen LogP contribution in [0.5, 0.6) is 0 Å². The van der Waals surface area contributed by atoms with Gasteiger partial charge in [0.1, 0.15) is 0 Å². The molecule has 1 atom stereocenters. The van der Waals surface area contributed by atoms with E-state index >= 15 is 0 Å². The van der Waals surface area contributed by atoms with Crippen molar-refractivity contribution in [3.8, 4) is 0 Å². The molecule has 0 heterocycles. The van der Waals surface area contributed by atoms with Gasteiger partial charge in [0.05, 0.1) is 6.04 Å². The molecule has 22 heavy (non-hydrogen) atoms. The minimum absolute atomic E-state index is 0.325. The van der Waals surface area contributed by atoms with Crippen molar-refractivity contribution in [2.24, 2.45) is 0 Å². The van der Waals surface area contributed by atoms with Crippen LogP contribution in [0.4, 0.5) is 0 Å². The normalized spacial score (nSPS) is 12.5. The zero-order valence-electron chi connectivity index (χ0n) is 12.3. The minimum Gasteiger partial charge on any atom is -0.452 e. The monoisotopic (exact) mass is 341 g/mol. The van der Waals surface area contributed by atoms with E-state index in [0.717, 1.165) is 5.56 Å². The number of halogens is 2. The smallest absolute Gasteiger partial charge is 0.331 e. The van der Waals surface area contributed by atoms with Crippen molar-refractivity contribution in [3.63, 3.8) is 0 Å². The average Bonchev–Trinajstić information content (AvgIpc) is 2.45. The van der Waals surface area contributed by atoms with Crippen molar-refractivity contribution in [3.05, 3.63) is 58.1 Å². The fraction of sp³-hybridized carbons (Fsp3) is 0.250. The molecule has 0 unspecified atom stereocenters. The first-order valence-corrected chi connectivity index (χ1v) is 7.40. The lowest BCUT2D eigenvalue weighted by atomic mass is 10.1. The third kappa shape index (κ3) is 6.33. The van der Waals surface area contributed by atoms with Crippen LogP contribution in [0.2, 0.25) is 10.0 Å². The second-order valence-corrected chi connectivity index (χ2v) is 5.29. The van der Waals surface area contributed by atoms with E-state index < -0.39 is 11.9 Å². The SMILES string of the molecule is C/C=C/C=C/C(=O)OCC(=O)N[C@H](C)c1ccc(Cl)cc1Cl. The van der Waals surface area contributed by atoms with Crippen molar-refractivity contribution in [1.82, 2.24) is 5.32 Å². The molecular formula is C16H17Cl2NO3. The van der Waals surface area contributed by atoms with Crippen molar-refractivity contribution >= 4 is 35.1 Å². The molecule has 6 heteroatoms. The van der Waals surface area contributed by atoms with Crippen LogP contribution in [-0.2, 0) is 14.3 Å². The van der Waals surface area contributed by atoms with E-state index in [1.165, 1.54) is 12.2 Å². The highest BCUT2D eigenvalue weighted by Gasteiger charge is 2.13. The molecule has 0 bridgehead atoms. The van der Waals surface area contributed by atoms with Crippen LogP contribution < -0.4 is 5.32 Å². The maximum atomic E-state index is 11.7. The molecule has 1 amide bonds. The summed E-state index contributed by atoms with van der Waals surface area (Å²) in [6.45, 7) is 3.25. The van der Waals surface area contributed by atoms with Gasteiger partial charge in [0.2, 0.25) is 0 Å². The molecule has 0 spiro atoms. The van der Waals surface area contributed by atoms with E-state index in [1.807, 2.05) is 6.92 Å². The maximum Gasteiger partial charge on any atom is 0.331 e. The molecule has 1 aromatic carbocycles. The third-order valence-corrected chi connectivity index (χ3v) is 3.25. The number of allylic oxidation sites excluding steroid dienone is 3. The Bertz CT molecular complexity index is 597. The summed E-state index contributed by atoms with van der Waals surface area (Å²) in [7, 11) is 0. The van der Waals surface area contributed by atoms with Gasteiger partial charge in [-0.2, -0.15) is 0 Å². The van der Waals surface area contributed by atoms with Gasteiger partial charge in [-0.1, -0.05) is 47.5 Å². The Labute approximate surface area is 139 Å². The topological polar surface area (TPSA) is 55.4 Å². The predicted molar refractivity (Wildman–Crippen MR) is 87.9 cm³/mol. The zero-order valence-corrected chi connectivity index (χ0v) is 13.8. The molecule has 118 valence electrons. The van der Waals surface area contributed by atoms with Crippen LogP contribution in [0.25, 0.3) is 0 Å². The highest BCUT2D eigenvalue weighted by Crippen LogP contribution is 2.25. The Kier molecular flexibility index (Phi) is 7.71. The van der Waals surface area contributed by atoms with Gasteiger partial charge in [0.25, 0.3) is 5.91 Å². The summed E-state index contributed by atoms with van der Waals surface area (Å²) in [5.41, 5.74) is 0.735. The Balaban J connectivity index is 2.49. The summed E-state index contributed by atoms with van der Waals surface area (Å²) >= 11 is 11.9. The molecule has 1 aromatic rings. The number of esters is 1. The maximum absolute atomic E-state index is 11.7. The lowest BCUT2D eigenvalue weighted by Crippen LogP contribution is -2.31. The standard InChI is InChI=1S/C16H17Cl2NO3/c1-3-4-5-6-16(21)22-10-15(20)19-11(2)13-8-7-12(17)9-14(13)18/h3-9,11H,10H2,1-2H3,(H,19,20)/b4-3+,6-5+/t11-/m1/s1. The molecular weight excluding hydrogens is 325 g/mol. The van der Waals surface area contributed by atoms with Crippen LogP contribution in [0.3, 0.4) is 0 Å². The molecule has 0 aromatic heterocycles. The quantitative estimate of drug-likeness (QED) is 0.485. The first-order chi connectivity index (χ1) is 10.4. The van der Waals surface area contributed by atoms with E-state index in [9.17, 15) is 9.59 Å². The number of rotatable bonds is 6. The van der Waals surface area contributed by atoms with E-state index in [1.54, 1.807) is 37.3 Å². The summed E-state index contributed by atoms with van der Waals surface area (Å²) < 4.78 is 4.81. The molecule has 0 saturated carbocycles. The number of benzene rings is 1. The molecule has 0 aliphatic rings. The Morgan fingerprint density at radius 2 is 2.05 bits per heavy atom. The Morgan fingerprint density at radius 1 is 1.32 bits per heavy atom. The van der Waals surface area contributed by atoms with Crippen LogP contribution in [0.1, 0.15) is 25.5 Å². The Hall–Kier alpha value is -1.78. The molecule has 0 radical (unpaired) electrons. The second-order valence-electron chi connectivity index (χ2n) is 4.45. The predicted octanol–water partition coefficient (Wildman–Crippen LogP) is 3.85. The zero-order chi connectivity index (χ0) is 16.5. The van der Waals surface area contributed by atoms with Crippen molar-refractivity contribution in [2.75, 3.05) is 6.61 Å². The van der Waals surface area contributed by atoms with Gasteiger partial charge in [0.15, 0.2) is 6.61 Å². The van der Waals surface area contributed by atoms with Crippen LogP contribution in [0.15, 0.2) is 42.5 Å². The first kappa shape index (κ1) is 18.3. The second kappa shape index (κ2) is 9.28. The highest BCUT2D eigenvalue weighted by atomic mass is 35.5. The Morgan fingerprint density at radius 3 is 2.68 bits per heavy atom. The summed E-state index contributed by atoms with van der Waals surface area (Å²) in [6.07, 6.45) is 6.24. The molecule has 0 aliphatic heterocycles. The number of nitrogens with one attached hydrogen (secondary N) is 1. The summed E-state index contributed by atoms with van der Waals surface area (Å²) in [5, 5.41) is 3.68. The fourth-order valence-electron chi connectivity index (χ4n) is 1.64. The molecule has 1 rings (SSSR count). The fourth-order valence-corrected chi connectivity index (χ4v) is 2.22. The summed E-state index contributed by atoms with van der Waals surface area (Å²) in [6, 6.07) is 4.71. The number of hydrogen-bond acceptors (Lipinski definition) is 3. The van der Waals surface area contributed by atoms with Gasteiger partial charge in [0, 0.05) is 16.1 Å². The van der Waals surface area contributed by atoms with Crippen molar-refractivity contribution in [2.45, 2.75) is 19.9 Å². The average molecular weight is 342 g/mol. The highest BCUT2D eigenvalue weighted by molar-refractivity contribution is 6.35. The molecule has 1 N–H and O–H groups in total. The minimum atomic E-state index is -0.578.